The minimum absolute atomic E-state index is 0.157. The van der Waals surface area contributed by atoms with Gasteiger partial charge in [0.25, 0.3) is 0 Å². The largest absolute Gasteiger partial charge is 0.450 e. The van der Waals surface area contributed by atoms with Crippen molar-refractivity contribution in [1.29, 1.82) is 0 Å². The number of aromatic amines is 1. The van der Waals surface area contributed by atoms with Gasteiger partial charge in [0.1, 0.15) is 0 Å². The molecule has 6 heteroatoms. The molecule has 0 aliphatic carbocycles. The van der Waals surface area contributed by atoms with Gasteiger partial charge in [0.2, 0.25) is 0 Å². The SMILES string of the molecule is CCOC(=O)N1CCC(N2CCCC(c3ccn[nH]3)C2)CC1. The van der Waals surface area contributed by atoms with Crippen LogP contribution in [0.3, 0.4) is 0 Å². The van der Waals surface area contributed by atoms with E-state index in [-0.39, 0.29) is 6.09 Å². The summed E-state index contributed by atoms with van der Waals surface area (Å²) in [6, 6.07) is 2.69. The maximum Gasteiger partial charge on any atom is 0.409 e. The van der Waals surface area contributed by atoms with Crippen molar-refractivity contribution in [3.8, 4) is 0 Å². The summed E-state index contributed by atoms with van der Waals surface area (Å²) in [5.41, 5.74) is 1.26. The molecule has 1 atom stereocenters. The molecule has 2 saturated heterocycles. The van der Waals surface area contributed by atoms with Crippen LogP contribution in [0.2, 0.25) is 0 Å². The van der Waals surface area contributed by atoms with Crippen LogP contribution in [0.5, 0.6) is 0 Å². The number of hydrogen-bond acceptors (Lipinski definition) is 4. The van der Waals surface area contributed by atoms with E-state index in [0.717, 1.165) is 32.5 Å². The van der Waals surface area contributed by atoms with Gasteiger partial charge in [-0.1, -0.05) is 0 Å². The van der Waals surface area contributed by atoms with Crippen LogP contribution in [0, 0.1) is 0 Å². The van der Waals surface area contributed by atoms with Crippen molar-refractivity contribution in [1.82, 2.24) is 20.0 Å². The van der Waals surface area contributed by atoms with Crippen molar-refractivity contribution >= 4 is 6.09 Å². The number of H-pyrrole nitrogens is 1. The highest BCUT2D eigenvalue weighted by Gasteiger charge is 2.31. The van der Waals surface area contributed by atoms with E-state index in [1.165, 1.54) is 25.1 Å². The van der Waals surface area contributed by atoms with Crippen molar-refractivity contribution in [3.05, 3.63) is 18.0 Å². The second kappa shape index (κ2) is 7.13. The molecule has 122 valence electrons. The second-order valence-corrected chi connectivity index (χ2v) is 6.26. The van der Waals surface area contributed by atoms with E-state index in [0.29, 0.717) is 18.6 Å². The van der Waals surface area contributed by atoms with Crippen LogP contribution in [-0.2, 0) is 4.74 Å². The maximum absolute atomic E-state index is 11.8. The van der Waals surface area contributed by atoms with Gasteiger partial charge in [0.15, 0.2) is 0 Å². The highest BCUT2D eigenvalue weighted by molar-refractivity contribution is 5.67. The van der Waals surface area contributed by atoms with Gasteiger partial charge in [-0.3, -0.25) is 10.00 Å². The fourth-order valence-corrected chi connectivity index (χ4v) is 3.71. The summed E-state index contributed by atoms with van der Waals surface area (Å²) in [6.07, 6.45) is 6.26. The quantitative estimate of drug-likeness (QED) is 0.930. The first-order valence-corrected chi connectivity index (χ1v) is 8.43. The van der Waals surface area contributed by atoms with Gasteiger partial charge in [0.05, 0.1) is 6.61 Å². The van der Waals surface area contributed by atoms with Crippen LogP contribution < -0.4 is 0 Å². The molecule has 1 aromatic rings. The van der Waals surface area contributed by atoms with E-state index < -0.39 is 0 Å². The Hall–Kier alpha value is -1.56. The molecule has 2 fully saturated rings. The lowest BCUT2D eigenvalue weighted by atomic mass is 9.92. The molecule has 1 unspecified atom stereocenters. The van der Waals surface area contributed by atoms with Gasteiger partial charge in [-0.15, -0.1) is 0 Å². The third-order valence-electron chi connectivity index (χ3n) is 4.92. The van der Waals surface area contributed by atoms with Crippen molar-refractivity contribution in [2.45, 2.75) is 44.6 Å². The predicted octanol–water partition coefficient (Wildman–Crippen LogP) is 2.21. The Balaban J connectivity index is 1.51. The number of piperidine rings is 2. The minimum atomic E-state index is -0.157. The van der Waals surface area contributed by atoms with E-state index >= 15 is 0 Å². The average molecular weight is 306 g/mol. The van der Waals surface area contributed by atoms with Crippen molar-refractivity contribution < 1.29 is 9.53 Å². The molecule has 1 aromatic heterocycles. The summed E-state index contributed by atoms with van der Waals surface area (Å²) in [5, 5.41) is 7.20. The van der Waals surface area contributed by atoms with Gasteiger partial charge in [-0.25, -0.2) is 4.79 Å². The number of carbonyl (C=O) groups excluding carboxylic acids is 1. The third kappa shape index (κ3) is 3.43. The van der Waals surface area contributed by atoms with Gasteiger partial charge in [0, 0.05) is 43.5 Å². The zero-order valence-corrected chi connectivity index (χ0v) is 13.3. The highest BCUT2D eigenvalue weighted by atomic mass is 16.6. The van der Waals surface area contributed by atoms with Gasteiger partial charge in [-0.2, -0.15) is 5.10 Å². The normalized spacial score (nSPS) is 24.4. The number of likely N-dealkylation sites (tertiary alicyclic amines) is 2. The maximum atomic E-state index is 11.8. The van der Waals surface area contributed by atoms with E-state index in [4.69, 9.17) is 4.74 Å². The van der Waals surface area contributed by atoms with Crippen LogP contribution in [0.15, 0.2) is 12.3 Å². The van der Waals surface area contributed by atoms with Crippen LogP contribution in [0.1, 0.15) is 44.2 Å². The first kappa shape index (κ1) is 15.3. The summed E-state index contributed by atoms with van der Waals surface area (Å²) in [7, 11) is 0. The van der Waals surface area contributed by atoms with Crippen LogP contribution >= 0.6 is 0 Å². The first-order chi connectivity index (χ1) is 10.8. The predicted molar refractivity (Wildman–Crippen MR) is 83.8 cm³/mol. The second-order valence-electron chi connectivity index (χ2n) is 6.26. The van der Waals surface area contributed by atoms with Crippen molar-refractivity contribution in [3.63, 3.8) is 0 Å². The number of hydrogen-bond donors (Lipinski definition) is 1. The lowest BCUT2D eigenvalue weighted by Gasteiger charge is -2.41. The molecule has 0 saturated carbocycles. The first-order valence-electron chi connectivity index (χ1n) is 8.43. The number of nitrogens with one attached hydrogen (secondary N) is 1. The van der Waals surface area contributed by atoms with Gasteiger partial charge >= 0.3 is 6.09 Å². The van der Waals surface area contributed by atoms with Gasteiger partial charge in [-0.05, 0) is 45.2 Å². The number of carbonyl (C=O) groups is 1. The zero-order chi connectivity index (χ0) is 15.4. The standard InChI is InChI=1S/C16H26N4O2/c1-2-22-16(21)19-10-6-14(7-11-19)20-9-3-4-13(12-20)15-5-8-17-18-15/h5,8,13-14H,2-4,6-7,9-12H2,1H3,(H,17,18). The Morgan fingerprint density at radius 3 is 2.86 bits per heavy atom. The summed E-state index contributed by atoms with van der Waals surface area (Å²) in [6.45, 7) is 6.22. The molecule has 0 bridgehead atoms. The summed E-state index contributed by atoms with van der Waals surface area (Å²) in [4.78, 5) is 16.2. The molecule has 2 aliphatic rings. The molecule has 3 rings (SSSR count). The zero-order valence-electron chi connectivity index (χ0n) is 13.3. The number of ether oxygens (including phenoxy) is 1. The molecule has 3 heterocycles. The van der Waals surface area contributed by atoms with E-state index in [1.807, 2.05) is 18.0 Å². The van der Waals surface area contributed by atoms with Crippen molar-refractivity contribution in [2.24, 2.45) is 0 Å². The molecule has 0 spiro atoms. The molecule has 1 amide bonds. The van der Waals surface area contributed by atoms with E-state index in [9.17, 15) is 4.79 Å². The molecule has 0 aromatic carbocycles. The van der Waals surface area contributed by atoms with E-state index in [1.54, 1.807) is 0 Å². The Labute approximate surface area is 131 Å². The lowest BCUT2D eigenvalue weighted by molar-refractivity contribution is 0.0648. The third-order valence-corrected chi connectivity index (χ3v) is 4.92. The molecule has 22 heavy (non-hydrogen) atoms. The lowest BCUT2D eigenvalue weighted by Crippen LogP contribution is -2.49. The Morgan fingerprint density at radius 1 is 1.36 bits per heavy atom. The average Bonchev–Trinajstić information content (AvgIpc) is 3.10. The van der Waals surface area contributed by atoms with Crippen LogP contribution in [0.25, 0.3) is 0 Å². The number of rotatable bonds is 3. The summed E-state index contributed by atoms with van der Waals surface area (Å²) >= 11 is 0. The van der Waals surface area contributed by atoms with Gasteiger partial charge < -0.3 is 9.64 Å². The summed E-state index contributed by atoms with van der Waals surface area (Å²) < 4.78 is 5.09. The Kier molecular flexibility index (Phi) is 4.97. The minimum Gasteiger partial charge on any atom is -0.450 e. The molecule has 6 nitrogen and oxygen atoms in total. The number of amides is 1. The number of nitrogens with zero attached hydrogens (tertiary/aromatic N) is 3. The highest BCUT2D eigenvalue weighted by Crippen LogP contribution is 2.29. The molecular formula is C16H26N4O2. The fourth-order valence-electron chi connectivity index (χ4n) is 3.71. The summed E-state index contributed by atoms with van der Waals surface area (Å²) in [5.74, 6) is 0.569. The number of aromatic nitrogens is 2. The van der Waals surface area contributed by atoms with Crippen LogP contribution in [-0.4, -0.2) is 64.9 Å². The Bertz CT molecular complexity index is 469. The van der Waals surface area contributed by atoms with E-state index in [2.05, 4.69) is 21.2 Å². The molecule has 1 N–H and O–H groups in total. The monoisotopic (exact) mass is 306 g/mol. The molecule has 2 aliphatic heterocycles. The fraction of sp³-hybridized carbons (Fsp3) is 0.750. The van der Waals surface area contributed by atoms with Crippen LogP contribution in [0.4, 0.5) is 4.79 Å². The molecule has 0 radical (unpaired) electrons. The van der Waals surface area contributed by atoms with Crippen molar-refractivity contribution in [2.75, 3.05) is 32.8 Å². The molecular weight excluding hydrogens is 280 g/mol. The Morgan fingerprint density at radius 2 is 2.18 bits per heavy atom. The topological polar surface area (TPSA) is 61.5 Å². The smallest absolute Gasteiger partial charge is 0.409 e.